The maximum Gasteiger partial charge on any atom is 0.252 e. The summed E-state index contributed by atoms with van der Waals surface area (Å²) in [5.41, 5.74) is 0.949. The summed E-state index contributed by atoms with van der Waals surface area (Å²) < 4.78 is 42.8. The number of imidazole rings is 1. The van der Waals surface area contributed by atoms with Gasteiger partial charge in [0.15, 0.2) is 0 Å². The Morgan fingerprint density at radius 3 is 2.45 bits per heavy atom. The monoisotopic (exact) mass is 484 g/mol. The third kappa shape index (κ3) is 5.36. The van der Waals surface area contributed by atoms with E-state index in [0.717, 1.165) is 4.88 Å². The van der Waals surface area contributed by atoms with Crippen molar-refractivity contribution in [2.45, 2.75) is 17.5 Å². The van der Waals surface area contributed by atoms with Crippen molar-refractivity contribution in [2.75, 3.05) is 0 Å². The van der Waals surface area contributed by atoms with E-state index in [1.54, 1.807) is 36.1 Å². The molecule has 170 valence electrons. The number of aryl methyl sites for hydroxylation is 1. The molecule has 2 N–H and O–H groups in total. The van der Waals surface area contributed by atoms with Crippen LogP contribution in [0.3, 0.4) is 0 Å². The van der Waals surface area contributed by atoms with Crippen LogP contribution in [0.5, 0.6) is 0 Å². The summed E-state index contributed by atoms with van der Waals surface area (Å²) in [7, 11) is -1.91. The van der Waals surface area contributed by atoms with Gasteiger partial charge in [0.25, 0.3) is 5.91 Å². The molecule has 2 heterocycles. The zero-order valence-corrected chi connectivity index (χ0v) is 19.2. The lowest BCUT2D eigenvalue weighted by Crippen LogP contribution is -2.31. The van der Waals surface area contributed by atoms with E-state index in [2.05, 4.69) is 15.0 Å². The van der Waals surface area contributed by atoms with Crippen molar-refractivity contribution < 1.29 is 17.6 Å². The van der Waals surface area contributed by atoms with Gasteiger partial charge < -0.3 is 9.88 Å². The molecular formula is C23H21FN4O3S2. The van der Waals surface area contributed by atoms with Crippen LogP contribution in [0.25, 0.3) is 0 Å². The van der Waals surface area contributed by atoms with Crippen molar-refractivity contribution in [3.05, 3.63) is 106 Å². The molecule has 0 fully saturated rings. The minimum Gasteiger partial charge on any atom is -0.338 e. The molecule has 1 amide bonds. The highest BCUT2D eigenvalue weighted by Crippen LogP contribution is 2.22. The predicted octanol–water partition coefficient (Wildman–Crippen LogP) is 3.62. The number of rotatable bonds is 8. The van der Waals surface area contributed by atoms with E-state index < -0.39 is 22.0 Å². The summed E-state index contributed by atoms with van der Waals surface area (Å²) in [5.74, 6) is -0.220. The van der Waals surface area contributed by atoms with Crippen LogP contribution in [0.4, 0.5) is 4.39 Å². The largest absolute Gasteiger partial charge is 0.338 e. The van der Waals surface area contributed by atoms with Crippen LogP contribution in [-0.2, 0) is 23.6 Å². The van der Waals surface area contributed by atoms with Crippen molar-refractivity contribution >= 4 is 27.3 Å². The average molecular weight is 485 g/mol. The van der Waals surface area contributed by atoms with E-state index in [9.17, 15) is 17.6 Å². The molecule has 2 aromatic carbocycles. The highest BCUT2D eigenvalue weighted by Gasteiger charge is 2.22. The molecule has 33 heavy (non-hydrogen) atoms. The summed E-state index contributed by atoms with van der Waals surface area (Å²) in [6.07, 6.45) is 3.36. The number of benzene rings is 2. The van der Waals surface area contributed by atoms with E-state index in [4.69, 9.17) is 0 Å². The molecule has 0 spiro atoms. The Kier molecular flexibility index (Phi) is 6.68. The quantitative estimate of drug-likeness (QED) is 0.400. The van der Waals surface area contributed by atoms with Gasteiger partial charge in [-0.15, -0.1) is 11.3 Å². The number of carbonyl (C=O) groups is 1. The first-order chi connectivity index (χ1) is 15.8. The molecule has 2 aromatic heterocycles. The lowest BCUT2D eigenvalue weighted by molar-refractivity contribution is 0.0941. The van der Waals surface area contributed by atoms with Gasteiger partial charge in [0, 0.05) is 36.4 Å². The predicted molar refractivity (Wildman–Crippen MR) is 124 cm³/mol. The van der Waals surface area contributed by atoms with Crippen LogP contribution >= 0.6 is 11.3 Å². The Morgan fingerprint density at radius 2 is 1.85 bits per heavy atom. The average Bonchev–Trinajstić information content (AvgIpc) is 3.49. The Bertz CT molecular complexity index is 1330. The summed E-state index contributed by atoms with van der Waals surface area (Å²) in [6, 6.07) is 14.6. The number of sulfonamides is 1. The molecule has 1 unspecified atom stereocenters. The van der Waals surface area contributed by atoms with Gasteiger partial charge in [-0.2, -0.15) is 0 Å². The minimum atomic E-state index is -3.71. The second kappa shape index (κ2) is 9.65. The summed E-state index contributed by atoms with van der Waals surface area (Å²) >= 11 is 1.46. The fraction of sp³-hybridized carbons (Fsp3) is 0.130. The molecule has 4 rings (SSSR count). The zero-order chi connectivity index (χ0) is 23.4. The number of halogens is 1. The highest BCUT2D eigenvalue weighted by molar-refractivity contribution is 7.89. The van der Waals surface area contributed by atoms with Crippen LogP contribution in [0.1, 0.15) is 32.7 Å². The number of nitrogens with one attached hydrogen (secondary N) is 2. The molecular weight excluding hydrogens is 463 g/mol. The molecule has 1 atom stereocenters. The van der Waals surface area contributed by atoms with E-state index in [0.29, 0.717) is 11.4 Å². The van der Waals surface area contributed by atoms with Crippen molar-refractivity contribution in [3.8, 4) is 0 Å². The number of hydrogen-bond donors (Lipinski definition) is 2. The smallest absolute Gasteiger partial charge is 0.252 e. The van der Waals surface area contributed by atoms with E-state index in [-0.39, 0.29) is 22.8 Å². The Hall–Kier alpha value is -3.34. The van der Waals surface area contributed by atoms with Gasteiger partial charge in [-0.1, -0.05) is 18.2 Å². The van der Waals surface area contributed by atoms with Gasteiger partial charge in [0.2, 0.25) is 10.0 Å². The Morgan fingerprint density at radius 1 is 1.12 bits per heavy atom. The maximum atomic E-state index is 13.4. The normalized spacial score (nSPS) is 12.4. The topological polar surface area (TPSA) is 93.1 Å². The molecule has 0 aliphatic carbocycles. The Balaban J connectivity index is 1.51. The number of aromatic nitrogens is 2. The standard InChI is InChI=1S/C23H21FN4O3S2/c1-28-13-12-25-22(28)21(16-4-8-18(24)9-5-16)27-23(29)17-6-10-20(11-7-17)33(30,31)26-15-19-3-2-14-32-19/h2-14,21,26H,15H2,1H3,(H,27,29). The number of hydrogen-bond acceptors (Lipinski definition) is 5. The van der Waals surface area contributed by atoms with Gasteiger partial charge >= 0.3 is 0 Å². The van der Waals surface area contributed by atoms with Crippen molar-refractivity contribution in [2.24, 2.45) is 7.05 Å². The Labute approximate surface area is 195 Å². The van der Waals surface area contributed by atoms with Crippen molar-refractivity contribution in [1.82, 2.24) is 19.6 Å². The fourth-order valence-corrected chi connectivity index (χ4v) is 5.01. The van der Waals surface area contributed by atoms with Gasteiger partial charge in [0.1, 0.15) is 17.7 Å². The molecule has 10 heteroatoms. The van der Waals surface area contributed by atoms with Crippen LogP contribution in [0, 0.1) is 5.82 Å². The number of thiophene rings is 1. The summed E-state index contributed by atoms with van der Waals surface area (Å²) in [4.78, 5) is 18.2. The maximum absolute atomic E-state index is 13.4. The number of amides is 1. The third-order valence-corrected chi connectivity index (χ3v) is 7.33. The molecule has 4 aromatic rings. The van der Waals surface area contributed by atoms with E-state index in [1.165, 1.54) is 47.7 Å². The highest BCUT2D eigenvalue weighted by atomic mass is 32.2. The lowest BCUT2D eigenvalue weighted by atomic mass is 10.1. The van der Waals surface area contributed by atoms with Crippen LogP contribution in [-0.4, -0.2) is 23.9 Å². The molecule has 0 aliphatic heterocycles. The van der Waals surface area contributed by atoms with Crippen molar-refractivity contribution in [1.29, 1.82) is 0 Å². The van der Waals surface area contributed by atoms with Gasteiger partial charge in [-0.25, -0.2) is 22.5 Å². The summed E-state index contributed by atoms with van der Waals surface area (Å²) in [6.45, 7) is 0.200. The first-order valence-electron chi connectivity index (χ1n) is 9.99. The molecule has 0 bridgehead atoms. The van der Waals surface area contributed by atoms with Gasteiger partial charge in [0.05, 0.1) is 4.90 Å². The third-order valence-electron chi connectivity index (χ3n) is 5.04. The van der Waals surface area contributed by atoms with Crippen molar-refractivity contribution in [3.63, 3.8) is 0 Å². The lowest BCUT2D eigenvalue weighted by Gasteiger charge is -2.19. The SMILES string of the molecule is Cn1ccnc1C(NC(=O)c1ccc(S(=O)(=O)NCc2cccs2)cc1)c1ccc(F)cc1. The van der Waals surface area contributed by atoms with E-state index >= 15 is 0 Å². The fourth-order valence-electron chi connectivity index (χ4n) is 3.27. The molecule has 0 aliphatic rings. The zero-order valence-electron chi connectivity index (χ0n) is 17.6. The molecule has 0 saturated carbocycles. The number of carbonyl (C=O) groups excluding carboxylic acids is 1. The summed E-state index contributed by atoms with van der Waals surface area (Å²) in [5, 5.41) is 4.78. The van der Waals surface area contributed by atoms with E-state index in [1.807, 2.05) is 17.5 Å². The molecule has 0 radical (unpaired) electrons. The van der Waals surface area contributed by atoms with Crippen LogP contribution in [0.2, 0.25) is 0 Å². The minimum absolute atomic E-state index is 0.0646. The molecule has 0 saturated heterocycles. The first kappa shape index (κ1) is 22.8. The van der Waals surface area contributed by atoms with Gasteiger partial charge in [-0.05, 0) is 53.4 Å². The van der Waals surface area contributed by atoms with Gasteiger partial charge in [-0.3, -0.25) is 4.79 Å². The van der Waals surface area contributed by atoms with Crippen LogP contribution < -0.4 is 10.0 Å². The van der Waals surface area contributed by atoms with Crippen LogP contribution in [0.15, 0.2) is 83.3 Å². The first-order valence-corrected chi connectivity index (χ1v) is 12.4. The second-order valence-corrected chi connectivity index (χ2v) is 10.1. The second-order valence-electron chi connectivity index (χ2n) is 7.28. The molecule has 7 nitrogen and oxygen atoms in total. The number of nitrogens with zero attached hydrogens (tertiary/aromatic N) is 2.